The van der Waals surface area contributed by atoms with Crippen LogP contribution >= 0.6 is 23.6 Å². The molecule has 0 aliphatic carbocycles. The van der Waals surface area contributed by atoms with Gasteiger partial charge in [-0.25, -0.2) is 4.79 Å². The van der Waals surface area contributed by atoms with E-state index in [0.717, 1.165) is 9.44 Å². The number of aromatic amines is 1. The number of thiophene rings is 1. The topological polar surface area (TPSA) is 80.9 Å². The lowest BCUT2D eigenvalue weighted by Gasteiger charge is -2.10. The number of H-pyrrole nitrogens is 1. The first-order valence-corrected chi connectivity index (χ1v) is 6.65. The monoisotopic (exact) mass is 283 g/mol. The van der Waals surface area contributed by atoms with Crippen molar-refractivity contribution >= 4 is 38.8 Å². The number of rotatable bonds is 3. The van der Waals surface area contributed by atoms with E-state index in [9.17, 15) is 9.59 Å². The van der Waals surface area contributed by atoms with Gasteiger partial charge < -0.3 is 5.73 Å². The molecule has 1 atom stereocenters. The Morgan fingerprint density at radius 2 is 2.28 bits per heavy atom. The van der Waals surface area contributed by atoms with Crippen molar-refractivity contribution < 1.29 is 0 Å². The lowest BCUT2D eigenvalue weighted by Crippen LogP contribution is -2.38. The molecule has 1 unspecified atom stereocenters. The molecule has 5 nitrogen and oxygen atoms in total. The van der Waals surface area contributed by atoms with Crippen LogP contribution in [0.3, 0.4) is 0 Å². The molecule has 0 aromatic carbocycles. The van der Waals surface area contributed by atoms with Gasteiger partial charge in [-0.3, -0.25) is 14.3 Å². The van der Waals surface area contributed by atoms with Crippen LogP contribution in [0.4, 0.5) is 0 Å². The van der Waals surface area contributed by atoms with E-state index >= 15 is 0 Å². The second-order valence-corrected chi connectivity index (χ2v) is 5.98. The Kier molecular flexibility index (Phi) is 3.36. The van der Waals surface area contributed by atoms with Gasteiger partial charge >= 0.3 is 5.69 Å². The number of aryl methyl sites for hydroxylation is 1. The van der Waals surface area contributed by atoms with Gasteiger partial charge in [-0.15, -0.1) is 11.3 Å². The Hall–Kier alpha value is -1.47. The maximum Gasteiger partial charge on any atom is 0.329 e. The minimum atomic E-state index is -0.419. The molecule has 3 N–H and O–H groups in total. The van der Waals surface area contributed by atoms with Gasteiger partial charge in [0.05, 0.1) is 10.4 Å². The van der Waals surface area contributed by atoms with Crippen molar-refractivity contribution in [2.75, 3.05) is 0 Å². The van der Waals surface area contributed by atoms with Gasteiger partial charge in [-0.2, -0.15) is 0 Å². The van der Waals surface area contributed by atoms with Crippen molar-refractivity contribution in [3.05, 3.63) is 31.8 Å². The molecule has 7 heteroatoms. The number of aromatic nitrogens is 2. The van der Waals surface area contributed by atoms with E-state index in [-0.39, 0.29) is 18.0 Å². The van der Waals surface area contributed by atoms with Crippen molar-refractivity contribution in [2.45, 2.75) is 20.4 Å². The highest BCUT2D eigenvalue weighted by Crippen LogP contribution is 2.18. The molecule has 0 aliphatic heterocycles. The highest BCUT2D eigenvalue weighted by molar-refractivity contribution is 7.80. The maximum atomic E-state index is 12.2. The third-order valence-electron chi connectivity index (χ3n) is 2.74. The summed E-state index contributed by atoms with van der Waals surface area (Å²) in [4.78, 5) is 28.6. The fourth-order valence-electron chi connectivity index (χ4n) is 1.70. The fourth-order valence-corrected chi connectivity index (χ4v) is 2.67. The number of nitrogens with one attached hydrogen (secondary N) is 1. The smallest absolute Gasteiger partial charge is 0.329 e. The number of fused-ring (bicyclic) bond motifs is 1. The summed E-state index contributed by atoms with van der Waals surface area (Å²) in [5.41, 5.74) is 4.80. The molecule has 2 rings (SSSR count). The van der Waals surface area contributed by atoms with Crippen LogP contribution in [-0.2, 0) is 6.54 Å². The summed E-state index contributed by atoms with van der Waals surface area (Å²) in [6.07, 6.45) is 0. The van der Waals surface area contributed by atoms with Crippen molar-refractivity contribution in [3.8, 4) is 0 Å². The van der Waals surface area contributed by atoms with Crippen molar-refractivity contribution in [1.82, 2.24) is 9.55 Å². The number of hydrogen-bond donors (Lipinski definition) is 2. The zero-order valence-corrected chi connectivity index (χ0v) is 11.7. The highest BCUT2D eigenvalue weighted by atomic mass is 32.1. The lowest BCUT2D eigenvalue weighted by molar-refractivity contribution is 0.560. The largest absolute Gasteiger partial charge is 0.393 e. The van der Waals surface area contributed by atoms with Crippen LogP contribution < -0.4 is 17.0 Å². The molecule has 0 aliphatic rings. The SMILES string of the molecule is Cc1cc2c(=O)n(CC(C)C(N)=S)c(=O)[nH]c2s1. The van der Waals surface area contributed by atoms with E-state index in [2.05, 4.69) is 4.98 Å². The van der Waals surface area contributed by atoms with E-state index in [4.69, 9.17) is 18.0 Å². The average molecular weight is 283 g/mol. The molecule has 18 heavy (non-hydrogen) atoms. The number of thiocarbonyl (C=S) groups is 1. The van der Waals surface area contributed by atoms with Gasteiger partial charge in [0.15, 0.2) is 0 Å². The second kappa shape index (κ2) is 4.66. The lowest BCUT2D eigenvalue weighted by atomic mass is 10.2. The maximum absolute atomic E-state index is 12.2. The summed E-state index contributed by atoms with van der Waals surface area (Å²) < 4.78 is 1.15. The molecule has 96 valence electrons. The summed E-state index contributed by atoms with van der Waals surface area (Å²) >= 11 is 6.25. The first kappa shape index (κ1) is 13.0. The molecule has 2 aromatic rings. The number of hydrogen-bond acceptors (Lipinski definition) is 4. The van der Waals surface area contributed by atoms with Crippen molar-refractivity contribution in [3.63, 3.8) is 0 Å². The van der Waals surface area contributed by atoms with E-state index in [1.165, 1.54) is 11.3 Å². The highest BCUT2D eigenvalue weighted by Gasteiger charge is 2.13. The Morgan fingerprint density at radius 3 is 2.89 bits per heavy atom. The fraction of sp³-hybridized carbons (Fsp3) is 0.364. The summed E-state index contributed by atoms with van der Waals surface area (Å²) in [7, 11) is 0. The average Bonchev–Trinajstić information content (AvgIpc) is 2.64. The summed E-state index contributed by atoms with van der Waals surface area (Å²) in [6.45, 7) is 3.88. The van der Waals surface area contributed by atoms with E-state index in [1.54, 1.807) is 13.0 Å². The third kappa shape index (κ3) is 2.23. The normalized spacial score (nSPS) is 12.8. The second-order valence-electron chi connectivity index (χ2n) is 4.25. The van der Waals surface area contributed by atoms with Crippen molar-refractivity contribution in [2.24, 2.45) is 11.7 Å². The van der Waals surface area contributed by atoms with Crippen molar-refractivity contribution in [1.29, 1.82) is 0 Å². The van der Waals surface area contributed by atoms with Gasteiger partial charge in [0.1, 0.15) is 4.83 Å². The van der Waals surface area contributed by atoms with Crippen LogP contribution in [0, 0.1) is 12.8 Å². The molecule has 2 heterocycles. The Morgan fingerprint density at radius 1 is 1.61 bits per heavy atom. The van der Waals surface area contributed by atoms with E-state index in [1.807, 2.05) is 6.92 Å². The minimum absolute atomic E-state index is 0.198. The van der Waals surface area contributed by atoms with E-state index < -0.39 is 5.69 Å². The Labute approximate surface area is 112 Å². The minimum Gasteiger partial charge on any atom is -0.393 e. The molecule has 0 saturated heterocycles. The van der Waals surface area contributed by atoms with Gasteiger partial charge in [-0.05, 0) is 13.0 Å². The predicted molar refractivity (Wildman–Crippen MR) is 77.4 cm³/mol. The van der Waals surface area contributed by atoms with Crippen LogP contribution in [-0.4, -0.2) is 14.5 Å². The molecule has 2 aromatic heterocycles. The zero-order chi connectivity index (χ0) is 13.4. The standard InChI is InChI=1S/C11H13N3O2S2/c1-5(8(12)17)4-14-10(15)7-3-6(2)18-9(7)13-11(14)16/h3,5H,4H2,1-2H3,(H2,12,17)(H,13,16). The van der Waals surface area contributed by atoms with Gasteiger partial charge in [-0.1, -0.05) is 19.1 Å². The molecule has 0 bridgehead atoms. The summed E-state index contributed by atoms with van der Waals surface area (Å²) in [5.74, 6) is -0.198. The van der Waals surface area contributed by atoms with Gasteiger partial charge in [0.25, 0.3) is 5.56 Å². The summed E-state index contributed by atoms with van der Waals surface area (Å²) in [5, 5.41) is 0.534. The van der Waals surface area contributed by atoms with Crippen LogP contribution in [0.15, 0.2) is 15.7 Å². The predicted octanol–water partition coefficient (Wildman–Crippen LogP) is 0.982. The quantitative estimate of drug-likeness (QED) is 0.823. The molecule has 0 amide bonds. The first-order valence-electron chi connectivity index (χ1n) is 5.42. The summed E-state index contributed by atoms with van der Waals surface area (Å²) in [6, 6.07) is 1.78. The number of nitrogens with zero attached hydrogens (tertiary/aromatic N) is 1. The van der Waals surface area contributed by atoms with Crippen LogP contribution in [0.1, 0.15) is 11.8 Å². The third-order valence-corrected chi connectivity index (χ3v) is 4.11. The van der Waals surface area contributed by atoms with Crippen LogP contribution in [0.5, 0.6) is 0 Å². The molecular weight excluding hydrogens is 270 g/mol. The van der Waals surface area contributed by atoms with Gasteiger partial charge in [0, 0.05) is 17.3 Å². The molecule has 0 spiro atoms. The van der Waals surface area contributed by atoms with E-state index in [0.29, 0.717) is 15.2 Å². The zero-order valence-electron chi connectivity index (χ0n) is 10.0. The molecular formula is C11H13N3O2S2. The molecule has 0 saturated carbocycles. The Bertz CT molecular complexity index is 726. The first-order chi connectivity index (χ1) is 8.40. The number of nitrogens with two attached hydrogens (primary N) is 1. The van der Waals surface area contributed by atoms with Gasteiger partial charge in [0.2, 0.25) is 0 Å². The molecule has 0 fully saturated rings. The van der Waals surface area contributed by atoms with Crippen LogP contribution in [0.25, 0.3) is 10.2 Å². The molecule has 0 radical (unpaired) electrons. The van der Waals surface area contributed by atoms with Crippen LogP contribution in [0.2, 0.25) is 0 Å². The Balaban J connectivity index is 2.61.